The van der Waals surface area contributed by atoms with Crippen LogP contribution < -0.4 is 5.32 Å². The molecule has 4 aromatic rings. The van der Waals surface area contributed by atoms with Crippen LogP contribution in [0.4, 0.5) is 5.69 Å². The van der Waals surface area contributed by atoms with Gasteiger partial charge in [0.1, 0.15) is 0 Å². The van der Waals surface area contributed by atoms with Crippen LogP contribution in [0.1, 0.15) is 17.2 Å². The van der Waals surface area contributed by atoms with Crippen LogP contribution in [0.15, 0.2) is 65.8 Å². The number of aromatic amines is 1. The molecule has 7 heteroatoms. The molecular weight excluding hydrogens is 360 g/mol. The Kier molecular flexibility index (Phi) is 3.35. The fourth-order valence-electron chi connectivity index (χ4n) is 3.68. The number of aromatic nitrogens is 3. The van der Waals surface area contributed by atoms with Gasteiger partial charge in [-0.05, 0) is 23.8 Å². The smallest absolute Gasteiger partial charge is 0.175 e. The maximum Gasteiger partial charge on any atom is 0.175 e. The summed E-state index contributed by atoms with van der Waals surface area (Å²) < 4.78 is 23.6. The van der Waals surface area contributed by atoms with E-state index in [1.54, 1.807) is 18.3 Å². The lowest BCUT2D eigenvalue weighted by atomic mass is 9.98. The lowest BCUT2D eigenvalue weighted by Gasteiger charge is -2.19. The second-order valence-corrected chi connectivity index (χ2v) is 8.71. The van der Waals surface area contributed by atoms with E-state index in [0.717, 1.165) is 39.0 Å². The Morgan fingerprint density at radius 1 is 1.00 bits per heavy atom. The van der Waals surface area contributed by atoms with Crippen molar-refractivity contribution in [3.8, 4) is 11.1 Å². The van der Waals surface area contributed by atoms with E-state index in [1.807, 2.05) is 36.5 Å². The van der Waals surface area contributed by atoms with Gasteiger partial charge in [0, 0.05) is 40.2 Å². The van der Waals surface area contributed by atoms with E-state index in [4.69, 9.17) is 0 Å². The van der Waals surface area contributed by atoms with Crippen molar-refractivity contribution in [1.82, 2.24) is 15.2 Å². The summed E-state index contributed by atoms with van der Waals surface area (Å²) in [6.07, 6.45) is 4.94. The number of anilines is 1. The van der Waals surface area contributed by atoms with Gasteiger partial charge in [-0.1, -0.05) is 30.3 Å². The van der Waals surface area contributed by atoms with Crippen molar-refractivity contribution in [3.63, 3.8) is 0 Å². The van der Waals surface area contributed by atoms with Crippen LogP contribution in [0.25, 0.3) is 22.2 Å². The molecule has 134 valence electrons. The lowest BCUT2D eigenvalue weighted by Crippen LogP contribution is -2.11. The first-order valence-corrected chi connectivity index (χ1v) is 10.4. The monoisotopic (exact) mass is 376 g/mol. The highest BCUT2D eigenvalue weighted by atomic mass is 32.2. The van der Waals surface area contributed by atoms with Gasteiger partial charge in [0.15, 0.2) is 15.5 Å². The third kappa shape index (κ3) is 2.50. The number of H-pyrrole nitrogens is 1. The summed E-state index contributed by atoms with van der Waals surface area (Å²) in [6, 6.07) is 15.0. The van der Waals surface area contributed by atoms with E-state index < -0.39 is 9.84 Å². The zero-order valence-corrected chi connectivity index (χ0v) is 15.3. The number of nitrogens with one attached hydrogen (secondary N) is 2. The van der Waals surface area contributed by atoms with Gasteiger partial charge in [-0.2, -0.15) is 5.10 Å². The Balaban J connectivity index is 1.74. The molecular formula is C20H16N4O2S. The molecule has 3 heterocycles. The third-order valence-electron chi connectivity index (χ3n) is 4.97. The standard InChI is InChI=1S/C20H16N4O2S/c1-27(25,26)13-8-6-12(7-9-13)19-16-10-21-20-18(16)15(11-22-24-20)14-4-2-3-5-17(14)23-19/h2-11,19,23H,1H3,(H,21,24). The van der Waals surface area contributed by atoms with E-state index in [1.165, 1.54) is 6.26 Å². The first-order valence-electron chi connectivity index (χ1n) is 8.51. The molecule has 0 bridgehead atoms. The maximum atomic E-state index is 11.8. The zero-order valence-electron chi connectivity index (χ0n) is 14.5. The Morgan fingerprint density at radius 2 is 1.78 bits per heavy atom. The highest BCUT2D eigenvalue weighted by molar-refractivity contribution is 7.90. The molecule has 1 aliphatic rings. The molecule has 0 aliphatic carbocycles. The number of para-hydroxylation sites is 1. The van der Waals surface area contributed by atoms with Crippen LogP contribution in [0.2, 0.25) is 0 Å². The first-order chi connectivity index (χ1) is 13.0. The molecule has 2 aromatic carbocycles. The molecule has 0 spiro atoms. The van der Waals surface area contributed by atoms with E-state index in [-0.39, 0.29) is 6.04 Å². The van der Waals surface area contributed by atoms with Gasteiger partial charge in [0.05, 0.1) is 17.1 Å². The minimum Gasteiger partial charge on any atom is -0.374 e. The van der Waals surface area contributed by atoms with Gasteiger partial charge in [-0.15, -0.1) is 5.10 Å². The van der Waals surface area contributed by atoms with Crippen LogP contribution in [0.3, 0.4) is 0 Å². The minimum absolute atomic E-state index is 0.140. The number of hydrogen-bond donors (Lipinski definition) is 2. The lowest BCUT2D eigenvalue weighted by molar-refractivity contribution is 0.602. The van der Waals surface area contributed by atoms with Gasteiger partial charge < -0.3 is 10.3 Å². The topological polar surface area (TPSA) is 87.7 Å². The molecule has 1 atom stereocenters. The maximum absolute atomic E-state index is 11.8. The molecule has 5 rings (SSSR count). The molecule has 0 amide bonds. The molecule has 6 nitrogen and oxygen atoms in total. The van der Waals surface area contributed by atoms with Crippen molar-refractivity contribution in [2.45, 2.75) is 10.9 Å². The number of nitrogens with zero attached hydrogens (tertiary/aromatic N) is 2. The molecule has 0 fully saturated rings. The third-order valence-corrected chi connectivity index (χ3v) is 6.10. The number of fused-ring (bicyclic) bond motifs is 2. The van der Waals surface area contributed by atoms with Crippen molar-refractivity contribution in [1.29, 1.82) is 0 Å². The first kappa shape index (κ1) is 16.0. The minimum atomic E-state index is -3.23. The zero-order chi connectivity index (χ0) is 18.6. The molecule has 0 radical (unpaired) electrons. The summed E-state index contributed by atoms with van der Waals surface area (Å²) >= 11 is 0. The molecule has 27 heavy (non-hydrogen) atoms. The number of sulfone groups is 1. The fraction of sp³-hybridized carbons (Fsp3) is 0.100. The summed E-state index contributed by atoms with van der Waals surface area (Å²) in [5.74, 6) is 0. The average Bonchev–Trinajstić information content (AvgIpc) is 3.03. The highest BCUT2D eigenvalue weighted by Crippen LogP contribution is 2.43. The van der Waals surface area contributed by atoms with E-state index in [0.29, 0.717) is 4.90 Å². The molecule has 2 N–H and O–H groups in total. The summed E-state index contributed by atoms with van der Waals surface area (Å²) in [6.45, 7) is 0. The summed E-state index contributed by atoms with van der Waals surface area (Å²) in [5, 5.41) is 13.0. The van der Waals surface area contributed by atoms with Crippen LogP contribution in [-0.2, 0) is 9.84 Å². The molecule has 1 unspecified atom stereocenters. The van der Waals surface area contributed by atoms with Crippen molar-refractivity contribution >= 4 is 26.6 Å². The van der Waals surface area contributed by atoms with Gasteiger partial charge in [0.25, 0.3) is 0 Å². The summed E-state index contributed by atoms with van der Waals surface area (Å²) in [7, 11) is -3.23. The molecule has 0 saturated heterocycles. The quantitative estimate of drug-likeness (QED) is 0.559. The van der Waals surface area contributed by atoms with Gasteiger partial charge in [-0.25, -0.2) is 8.42 Å². The molecule has 2 aromatic heterocycles. The Labute approximate surface area is 156 Å². The van der Waals surface area contributed by atoms with Crippen molar-refractivity contribution in [3.05, 3.63) is 72.1 Å². The second kappa shape index (κ2) is 5.65. The highest BCUT2D eigenvalue weighted by Gasteiger charge is 2.26. The Bertz CT molecular complexity index is 1280. The normalized spacial score (nSPS) is 15.8. The SMILES string of the molecule is CS(=O)(=O)c1ccc(C2Nc3ccccc3-c3cnnc4[nH]cc2c34)cc1. The molecule has 1 aliphatic heterocycles. The number of rotatable bonds is 2. The van der Waals surface area contributed by atoms with Crippen molar-refractivity contribution in [2.75, 3.05) is 11.6 Å². The Hall–Kier alpha value is -3.19. The Morgan fingerprint density at radius 3 is 2.56 bits per heavy atom. The van der Waals surface area contributed by atoms with Crippen LogP contribution in [-0.4, -0.2) is 29.9 Å². The summed E-state index contributed by atoms with van der Waals surface area (Å²) in [4.78, 5) is 3.52. The van der Waals surface area contributed by atoms with Crippen molar-refractivity contribution in [2.24, 2.45) is 0 Å². The fourth-order valence-corrected chi connectivity index (χ4v) is 4.31. The van der Waals surface area contributed by atoms with E-state index >= 15 is 0 Å². The second-order valence-electron chi connectivity index (χ2n) is 6.69. The van der Waals surface area contributed by atoms with E-state index in [9.17, 15) is 8.42 Å². The molecule has 0 saturated carbocycles. The van der Waals surface area contributed by atoms with Crippen molar-refractivity contribution < 1.29 is 8.42 Å². The van der Waals surface area contributed by atoms with Crippen LogP contribution in [0, 0.1) is 0 Å². The predicted molar refractivity (Wildman–Crippen MR) is 104 cm³/mol. The van der Waals surface area contributed by atoms with Gasteiger partial charge in [-0.3, -0.25) is 0 Å². The largest absolute Gasteiger partial charge is 0.374 e. The van der Waals surface area contributed by atoms with Crippen LogP contribution in [0.5, 0.6) is 0 Å². The van der Waals surface area contributed by atoms with Gasteiger partial charge in [0.2, 0.25) is 0 Å². The van der Waals surface area contributed by atoms with Gasteiger partial charge >= 0.3 is 0 Å². The number of hydrogen-bond acceptors (Lipinski definition) is 5. The van der Waals surface area contributed by atoms with E-state index in [2.05, 4.69) is 26.6 Å². The predicted octanol–water partition coefficient (Wildman–Crippen LogP) is 3.54. The van der Waals surface area contributed by atoms with Crippen LogP contribution >= 0.6 is 0 Å². The number of benzene rings is 2. The summed E-state index contributed by atoms with van der Waals surface area (Å²) in [5.41, 5.74) is 5.85. The average molecular weight is 376 g/mol.